The average molecular weight is 152 g/mol. The van der Waals surface area contributed by atoms with Crippen molar-refractivity contribution in [1.82, 2.24) is 0 Å². The normalized spacial score (nSPS) is 15.7. The molecule has 0 unspecified atom stereocenters. The van der Waals surface area contributed by atoms with E-state index in [9.17, 15) is 4.79 Å². The molecule has 0 fully saturated rings. The third kappa shape index (κ3) is 1.78. The first-order valence-corrected chi connectivity index (χ1v) is 3.23. The zero-order valence-corrected chi connectivity index (χ0v) is 6.24. The number of primary amides is 1. The summed E-state index contributed by atoms with van der Waals surface area (Å²) in [6.07, 6.45) is 7.65. The highest BCUT2D eigenvalue weighted by Crippen LogP contribution is 2.15. The fraction of sp³-hybridized carbons (Fsp3) is 0.125. The Kier molecular flexibility index (Phi) is 2.23. The van der Waals surface area contributed by atoms with Crippen LogP contribution in [0.2, 0.25) is 0 Å². The van der Waals surface area contributed by atoms with E-state index in [2.05, 4.69) is 4.74 Å². The second-order valence-corrected chi connectivity index (χ2v) is 2.14. The molecule has 0 spiro atoms. The molecule has 1 aliphatic carbocycles. The lowest BCUT2D eigenvalue weighted by atomic mass is 10.0. The number of aliphatic hydroxyl groups is 2. The van der Waals surface area contributed by atoms with E-state index in [0.717, 1.165) is 6.10 Å². The highest BCUT2D eigenvalue weighted by Gasteiger charge is 1.96. The summed E-state index contributed by atoms with van der Waals surface area (Å²) in [6, 6.07) is 0. The summed E-state index contributed by atoms with van der Waals surface area (Å²) in [5.74, 6) is -0.421. The Labute approximate surface area is 65.5 Å². The predicted octanol–water partition coefficient (Wildman–Crippen LogP) is -0.138. The summed E-state index contributed by atoms with van der Waals surface area (Å²) in [5, 5.41) is 0. The Morgan fingerprint density at radius 2 is 2.55 bits per heavy atom. The molecule has 0 heterocycles. The fourth-order valence-corrected chi connectivity index (χ4v) is 0.798. The van der Waals surface area contributed by atoms with Gasteiger partial charge in [-0.25, -0.2) is 12.5 Å². The lowest BCUT2D eigenvalue weighted by molar-refractivity contribution is -0.114. The molecule has 0 aromatic heterocycles. The lowest BCUT2D eigenvalue weighted by Gasteiger charge is -2.25. The minimum absolute atomic E-state index is 0.421. The first-order valence-electron chi connectivity index (χ1n) is 3.23. The van der Waals surface area contributed by atoms with Gasteiger partial charge >= 0.3 is 0 Å². The van der Waals surface area contributed by atoms with Crippen LogP contribution in [0.3, 0.4) is 0 Å². The van der Waals surface area contributed by atoms with Gasteiger partial charge in [0.2, 0.25) is 0 Å². The largest absolute Gasteiger partial charge is 0.468 e. The van der Waals surface area contributed by atoms with Crippen LogP contribution in [0.1, 0.15) is 0 Å². The maximum absolute atomic E-state index is 10.6. The Morgan fingerprint density at radius 3 is 3.09 bits per heavy atom. The Hall–Kier alpha value is -1.35. The number of carbonyl (C=O) groups excluding carboxylic acids is 1. The van der Waals surface area contributed by atoms with Crippen molar-refractivity contribution in [2.24, 2.45) is 5.73 Å². The van der Waals surface area contributed by atoms with Gasteiger partial charge in [0.25, 0.3) is 0 Å². The second-order valence-electron chi connectivity index (χ2n) is 2.14. The van der Waals surface area contributed by atoms with E-state index >= 15 is 0 Å². The van der Waals surface area contributed by atoms with Crippen LogP contribution in [0.5, 0.6) is 0 Å². The molecule has 0 aromatic carbocycles. The van der Waals surface area contributed by atoms with Crippen LogP contribution in [0, 0.1) is 12.5 Å². The van der Waals surface area contributed by atoms with Crippen LogP contribution in [0.15, 0.2) is 23.8 Å². The van der Waals surface area contributed by atoms with Gasteiger partial charge in [-0.15, -0.1) is 0 Å². The molecule has 1 amide bonds. The van der Waals surface area contributed by atoms with Gasteiger partial charge < -0.3 is 15.3 Å². The smallest absolute Gasteiger partial charge is 0.128 e. The molecule has 3 heteroatoms. The summed E-state index contributed by atoms with van der Waals surface area (Å²) in [6.45, 7) is 0. The van der Waals surface area contributed by atoms with E-state index in [1.165, 1.54) is 0 Å². The van der Waals surface area contributed by atoms with Crippen molar-refractivity contribution in [3.05, 3.63) is 36.3 Å². The van der Waals surface area contributed by atoms with Crippen molar-refractivity contribution >= 4 is 5.91 Å². The molecular formula is C8H10NO2-. The number of rotatable bonds is 2. The van der Waals surface area contributed by atoms with E-state index in [1.807, 2.05) is 6.08 Å². The first kappa shape index (κ1) is 7.75. The molecule has 60 valence electrons. The lowest BCUT2D eigenvalue weighted by Crippen LogP contribution is -2.17. The maximum atomic E-state index is 10.6. The van der Waals surface area contributed by atoms with Crippen LogP contribution in [-0.2, 0) is 4.79 Å². The van der Waals surface area contributed by atoms with Gasteiger partial charge in [0.05, 0.1) is 0 Å². The van der Waals surface area contributed by atoms with E-state index in [1.54, 1.807) is 25.7 Å². The van der Waals surface area contributed by atoms with Crippen molar-refractivity contribution in [1.29, 1.82) is 0 Å². The number of hydrogen-bond donors (Lipinski definition) is 1. The summed E-state index contributed by atoms with van der Waals surface area (Å²) in [5.41, 5.74) is 5.55. The maximum Gasteiger partial charge on any atom is 0.128 e. The molecule has 1 aliphatic rings. The van der Waals surface area contributed by atoms with Gasteiger partial charge in [0.1, 0.15) is 13.0 Å². The van der Waals surface area contributed by atoms with Crippen molar-refractivity contribution in [2.45, 2.75) is 0 Å². The first-order chi connectivity index (χ1) is 5.24. The standard InChI is InChI=1S/C8H10NO2/c1-11-7-4-2-3-6(5-7)8(9)10/h2-5,11H,1H3,(H2,9,10)/q-1. The third-order valence-electron chi connectivity index (χ3n) is 1.39. The molecule has 3 N–H and O–H groups in total. The highest BCUT2D eigenvalue weighted by molar-refractivity contribution is 5.95. The van der Waals surface area contributed by atoms with Gasteiger partial charge in [-0.3, -0.25) is 0 Å². The Morgan fingerprint density at radius 1 is 1.82 bits per heavy atom. The zero-order valence-electron chi connectivity index (χ0n) is 6.24. The number of nitrogens with two attached hydrogens (primary N) is 1. The summed E-state index contributed by atoms with van der Waals surface area (Å²) in [7, 11) is 1.67. The monoisotopic (exact) mass is 152 g/mol. The van der Waals surface area contributed by atoms with Crippen LogP contribution < -0.4 is 5.73 Å². The van der Waals surface area contributed by atoms with Crippen LogP contribution in [-0.4, -0.2) is 17.8 Å². The van der Waals surface area contributed by atoms with E-state index in [0.29, 0.717) is 5.57 Å². The average Bonchev–Trinajstić information content (AvgIpc) is 2.05. The summed E-state index contributed by atoms with van der Waals surface area (Å²) in [4.78, 5) is 10.6. The third-order valence-corrected chi connectivity index (χ3v) is 1.39. The van der Waals surface area contributed by atoms with Gasteiger partial charge in [0.15, 0.2) is 0 Å². The summed E-state index contributed by atoms with van der Waals surface area (Å²) >= 11 is 0. The van der Waals surface area contributed by atoms with Gasteiger partial charge in [-0.1, -0.05) is 0 Å². The topological polar surface area (TPSA) is 55.9 Å². The van der Waals surface area contributed by atoms with Crippen molar-refractivity contribution in [2.75, 3.05) is 7.11 Å². The van der Waals surface area contributed by atoms with Crippen LogP contribution in [0.25, 0.3) is 0 Å². The molecule has 0 saturated heterocycles. The second kappa shape index (κ2) is 3.16. The molecule has 0 aliphatic heterocycles. The van der Waals surface area contributed by atoms with Crippen molar-refractivity contribution in [3.8, 4) is 0 Å². The predicted molar refractivity (Wildman–Crippen MR) is 42.1 cm³/mol. The molecule has 0 atom stereocenters. The van der Waals surface area contributed by atoms with E-state index in [-0.39, 0.29) is 0 Å². The van der Waals surface area contributed by atoms with Crippen molar-refractivity contribution < 1.29 is 9.53 Å². The molecular weight excluding hydrogens is 142 g/mol. The number of allylic oxidation sites excluding steroid dienone is 1. The molecule has 0 aromatic rings. The van der Waals surface area contributed by atoms with E-state index < -0.39 is 5.91 Å². The number of carbonyl (C=O) groups is 1. The molecule has 1 rings (SSSR count). The number of ether oxygens (including phenoxy) is 1. The van der Waals surface area contributed by atoms with Gasteiger partial charge in [0, 0.05) is 6.10 Å². The van der Waals surface area contributed by atoms with Crippen molar-refractivity contribution in [3.63, 3.8) is 0 Å². The fourth-order valence-electron chi connectivity index (χ4n) is 0.798. The molecule has 0 saturated carbocycles. The molecule has 3 nitrogen and oxygen atoms in total. The molecule has 0 bridgehead atoms. The van der Waals surface area contributed by atoms with E-state index in [4.69, 9.17) is 5.73 Å². The van der Waals surface area contributed by atoms with Crippen LogP contribution >= 0.6 is 0 Å². The van der Waals surface area contributed by atoms with Gasteiger partial charge in [-0.05, 0) is 0 Å². The minimum atomic E-state index is -0.421. The minimum Gasteiger partial charge on any atom is -0.468 e. The number of amides is 1. The van der Waals surface area contributed by atoms with Crippen LogP contribution in [0.4, 0.5) is 0 Å². The summed E-state index contributed by atoms with van der Waals surface area (Å²) < 4.78 is 3.91. The Balaban J connectivity index is 2.69. The molecule has 11 heavy (non-hydrogen) atoms. The SMILES string of the molecule is C[OH+][C-]1C=C[CH-]C(C(N)=O)=C1. The Bertz CT molecular complexity index is 218. The quantitative estimate of drug-likeness (QED) is 0.434. The molecule has 0 radical (unpaired) electrons. The zero-order chi connectivity index (χ0) is 8.27. The van der Waals surface area contributed by atoms with Gasteiger partial charge in [-0.2, -0.15) is 17.7 Å². The highest BCUT2D eigenvalue weighted by atomic mass is 16.5. The number of hydrogen-bond acceptors (Lipinski definition) is 1.